The number of hydrogen-bond donors (Lipinski definition) is 1. The number of aryl methyl sites for hydroxylation is 2. The zero-order valence-electron chi connectivity index (χ0n) is 19.1. The van der Waals surface area contributed by atoms with Crippen LogP contribution in [-0.2, 0) is 14.8 Å². The van der Waals surface area contributed by atoms with E-state index in [2.05, 4.69) is 19.2 Å². The summed E-state index contributed by atoms with van der Waals surface area (Å²) >= 11 is 6.06. The highest BCUT2D eigenvalue weighted by atomic mass is 35.5. The average Bonchev–Trinajstić information content (AvgIpc) is 2.66. The quantitative estimate of drug-likeness (QED) is 0.610. The molecule has 2 rings (SSSR count). The number of sulfonamides is 1. The van der Waals surface area contributed by atoms with Gasteiger partial charge in [-0.05, 0) is 73.2 Å². The van der Waals surface area contributed by atoms with Crippen molar-refractivity contribution in [1.82, 2.24) is 5.32 Å². The molecule has 0 radical (unpaired) electrons. The van der Waals surface area contributed by atoms with Crippen LogP contribution in [0, 0.1) is 13.8 Å². The molecule has 0 aromatic heterocycles. The van der Waals surface area contributed by atoms with Crippen LogP contribution in [0.15, 0.2) is 30.3 Å². The van der Waals surface area contributed by atoms with E-state index in [1.807, 2.05) is 26.0 Å². The van der Waals surface area contributed by atoms with E-state index in [0.29, 0.717) is 16.3 Å². The Balaban J connectivity index is 2.29. The lowest BCUT2D eigenvalue weighted by Crippen LogP contribution is -2.41. The van der Waals surface area contributed by atoms with Crippen molar-refractivity contribution in [3.63, 3.8) is 0 Å². The van der Waals surface area contributed by atoms with Crippen molar-refractivity contribution in [3.05, 3.63) is 57.6 Å². The Hall–Kier alpha value is -2.25. The summed E-state index contributed by atoms with van der Waals surface area (Å²) in [6.45, 7) is 9.44. The first-order valence-electron chi connectivity index (χ1n) is 10.1. The summed E-state index contributed by atoms with van der Waals surface area (Å²) in [5.74, 6) is 0.664. The first-order chi connectivity index (χ1) is 14.3. The molecule has 2 aromatic rings. The van der Waals surface area contributed by atoms with E-state index in [1.165, 1.54) is 0 Å². The molecule has 6 nitrogen and oxygen atoms in total. The molecule has 0 spiro atoms. The largest absolute Gasteiger partial charge is 0.496 e. The van der Waals surface area contributed by atoms with Crippen LogP contribution in [0.25, 0.3) is 0 Å². The van der Waals surface area contributed by atoms with Crippen LogP contribution in [0.2, 0.25) is 5.02 Å². The van der Waals surface area contributed by atoms with Crippen LogP contribution in [0.1, 0.15) is 55.0 Å². The molecule has 0 fully saturated rings. The van der Waals surface area contributed by atoms with Gasteiger partial charge in [-0.25, -0.2) is 8.42 Å². The van der Waals surface area contributed by atoms with Gasteiger partial charge in [0.05, 0.1) is 25.1 Å². The van der Waals surface area contributed by atoms with Crippen LogP contribution in [0.4, 0.5) is 5.69 Å². The summed E-state index contributed by atoms with van der Waals surface area (Å²) in [5.41, 5.74) is 4.10. The number of benzene rings is 2. The molecule has 8 heteroatoms. The number of amides is 1. The molecule has 0 saturated carbocycles. The lowest BCUT2D eigenvalue weighted by atomic mass is 9.93. The average molecular weight is 467 g/mol. The summed E-state index contributed by atoms with van der Waals surface area (Å²) in [5, 5.41) is 3.33. The van der Waals surface area contributed by atoms with Crippen molar-refractivity contribution in [1.29, 1.82) is 0 Å². The van der Waals surface area contributed by atoms with E-state index in [-0.39, 0.29) is 18.5 Å². The van der Waals surface area contributed by atoms with Gasteiger partial charge in [-0.15, -0.1) is 0 Å². The van der Waals surface area contributed by atoms with Gasteiger partial charge in [0.2, 0.25) is 15.9 Å². The maximum atomic E-state index is 12.8. The second-order valence-electron chi connectivity index (χ2n) is 8.10. The number of carbonyl (C=O) groups is 1. The molecule has 170 valence electrons. The normalized spacial score (nSPS) is 12.5. The number of ether oxygens (including phenoxy) is 1. The maximum absolute atomic E-state index is 12.8. The van der Waals surface area contributed by atoms with E-state index in [0.717, 1.165) is 33.0 Å². The second-order valence-corrected chi connectivity index (χ2v) is 10.4. The van der Waals surface area contributed by atoms with Crippen LogP contribution in [0.3, 0.4) is 0 Å². The van der Waals surface area contributed by atoms with Gasteiger partial charge in [0, 0.05) is 5.02 Å². The monoisotopic (exact) mass is 466 g/mol. The topological polar surface area (TPSA) is 75.7 Å². The van der Waals surface area contributed by atoms with Gasteiger partial charge in [-0.1, -0.05) is 31.5 Å². The number of nitrogens with one attached hydrogen (secondary N) is 1. The number of anilines is 1. The minimum Gasteiger partial charge on any atom is -0.496 e. The SMILES string of the molecule is COc1cc(C)c(C(C)NC(=O)CN(c2cc(Cl)ccc2C)S(C)(=O)=O)cc1C(C)C. The van der Waals surface area contributed by atoms with Gasteiger partial charge in [-0.3, -0.25) is 9.10 Å². The fourth-order valence-corrected chi connectivity index (χ4v) is 4.61. The van der Waals surface area contributed by atoms with Crippen LogP contribution < -0.4 is 14.4 Å². The lowest BCUT2D eigenvalue weighted by Gasteiger charge is -2.25. The van der Waals surface area contributed by atoms with Gasteiger partial charge in [0.1, 0.15) is 12.3 Å². The highest BCUT2D eigenvalue weighted by molar-refractivity contribution is 7.92. The summed E-state index contributed by atoms with van der Waals surface area (Å²) in [4.78, 5) is 12.8. The number of carbonyl (C=O) groups excluding carboxylic acids is 1. The minimum atomic E-state index is -3.69. The highest BCUT2D eigenvalue weighted by Crippen LogP contribution is 2.32. The van der Waals surface area contributed by atoms with Gasteiger partial charge in [0.25, 0.3) is 0 Å². The third-order valence-electron chi connectivity index (χ3n) is 5.21. The third kappa shape index (κ3) is 6.14. The Kier molecular flexibility index (Phi) is 8.00. The fraction of sp³-hybridized carbons (Fsp3) is 0.435. The zero-order valence-corrected chi connectivity index (χ0v) is 20.7. The number of hydrogen-bond acceptors (Lipinski definition) is 4. The number of methoxy groups -OCH3 is 1. The van der Waals surface area contributed by atoms with Gasteiger partial charge in [0.15, 0.2) is 0 Å². The van der Waals surface area contributed by atoms with Gasteiger partial charge < -0.3 is 10.1 Å². The molecular weight excluding hydrogens is 436 g/mol. The first kappa shape index (κ1) is 25.0. The van der Waals surface area contributed by atoms with E-state index in [4.69, 9.17) is 16.3 Å². The maximum Gasteiger partial charge on any atom is 0.241 e. The minimum absolute atomic E-state index is 0.253. The first-order valence-corrected chi connectivity index (χ1v) is 12.3. The van der Waals surface area contributed by atoms with Crippen LogP contribution in [-0.4, -0.2) is 34.2 Å². The molecule has 1 atom stereocenters. The molecule has 1 N–H and O–H groups in total. The molecule has 31 heavy (non-hydrogen) atoms. The molecular formula is C23H31ClN2O4S. The third-order valence-corrected chi connectivity index (χ3v) is 6.57. The molecule has 1 unspecified atom stereocenters. The van der Waals surface area contributed by atoms with Gasteiger partial charge >= 0.3 is 0 Å². The predicted octanol–water partition coefficient (Wildman–Crippen LogP) is 4.73. The second kappa shape index (κ2) is 9.92. The van der Waals surface area contributed by atoms with Crippen LogP contribution >= 0.6 is 11.6 Å². The lowest BCUT2D eigenvalue weighted by molar-refractivity contribution is -0.120. The summed E-state index contributed by atoms with van der Waals surface area (Å²) in [6.07, 6.45) is 1.08. The summed E-state index contributed by atoms with van der Waals surface area (Å²) in [7, 11) is -2.05. The fourth-order valence-electron chi connectivity index (χ4n) is 3.54. The Morgan fingerprint density at radius 1 is 1.10 bits per heavy atom. The molecule has 0 saturated heterocycles. The van der Waals surface area contributed by atoms with Crippen LogP contribution in [0.5, 0.6) is 5.75 Å². The number of rotatable bonds is 8. The Morgan fingerprint density at radius 2 is 1.74 bits per heavy atom. The number of nitrogens with zero attached hydrogens (tertiary/aromatic N) is 1. The summed E-state index contributed by atoms with van der Waals surface area (Å²) < 4.78 is 31.4. The molecule has 2 aromatic carbocycles. The van der Waals surface area contributed by atoms with Crippen molar-refractivity contribution >= 4 is 33.2 Å². The van der Waals surface area contributed by atoms with Crippen molar-refractivity contribution < 1.29 is 17.9 Å². The van der Waals surface area contributed by atoms with Gasteiger partial charge in [-0.2, -0.15) is 0 Å². The Morgan fingerprint density at radius 3 is 2.29 bits per heavy atom. The number of halogens is 1. The predicted molar refractivity (Wildman–Crippen MR) is 127 cm³/mol. The van der Waals surface area contributed by atoms with E-state index in [9.17, 15) is 13.2 Å². The summed E-state index contributed by atoms with van der Waals surface area (Å²) in [6, 6.07) is 8.66. The standard InChI is InChI=1S/C23H31ClN2O4S/c1-14(2)19-12-20(16(4)10-22(19)30-6)17(5)25-23(27)13-26(31(7,28)29)21-11-18(24)9-8-15(21)3/h8-12,14,17H,13H2,1-7H3,(H,25,27). The Labute approximate surface area is 190 Å². The molecule has 0 bridgehead atoms. The zero-order chi connectivity index (χ0) is 23.5. The highest BCUT2D eigenvalue weighted by Gasteiger charge is 2.24. The molecule has 1 amide bonds. The van der Waals surface area contributed by atoms with E-state index >= 15 is 0 Å². The van der Waals surface area contributed by atoms with Crippen molar-refractivity contribution in [2.75, 3.05) is 24.2 Å². The van der Waals surface area contributed by atoms with E-state index < -0.39 is 15.9 Å². The Bertz CT molecular complexity index is 1070. The smallest absolute Gasteiger partial charge is 0.241 e. The van der Waals surface area contributed by atoms with Crippen molar-refractivity contribution in [2.45, 2.75) is 46.6 Å². The molecule has 0 aliphatic heterocycles. The van der Waals surface area contributed by atoms with E-state index in [1.54, 1.807) is 32.2 Å². The molecule has 0 aliphatic rings. The van der Waals surface area contributed by atoms with Crippen molar-refractivity contribution in [2.24, 2.45) is 0 Å². The molecule has 0 aliphatic carbocycles. The van der Waals surface area contributed by atoms with Crippen molar-refractivity contribution in [3.8, 4) is 5.75 Å². The molecule has 0 heterocycles.